The molecule has 1 aliphatic carbocycles. The van der Waals surface area contributed by atoms with Crippen molar-refractivity contribution in [1.29, 1.82) is 0 Å². The highest BCUT2D eigenvalue weighted by atomic mass is 35.5. The van der Waals surface area contributed by atoms with Gasteiger partial charge in [-0.15, -0.1) is 11.3 Å². The number of hydrogen-bond acceptors (Lipinski definition) is 2. The van der Waals surface area contributed by atoms with Crippen molar-refractivity contribution in [2.45, 2.75) is 45.1 Å². The monoisotopic (exact) mass is 285 g/mol. The van der Waals surface area contributed by atoms with Gasteiger partial charge in [-0.05, 0) is 24.5 Å². The highest BCUT2D eigenvalue weighted by molar-refractivity contribution is 7.16. The Labute approximate surface area is 118 Å². The maximum atomic E-state index is 12.0. The van der Waals surface area contributed by atoms with Gasteiger partial charge in [-0.1, -0.05) is 37.3 Å². The first kappa shape index (κ1) is 13.9. The summed E-state index contributed by atoms with van der Waals surface area (Å²) in [6.07, 6.45) is 7.09. The molecule has 1 heterocycles. The van der Waals surface area contributed by atoms with E-state index in [4.69, 9.17) is 11.6 Å². The molecule has 2 nitrogen and oxygen atoms in total. The van der Waals surface area contributed by atoms with Gasteiger partial charge in [0.1, 0.15) is 0 Å². The molecule has 0 radical (unpaired) electrons. The van der Waals surface area contributed by atoms with Crippen molar-refractivity contribution in [3.8, 4) is 0 Å². The third kappa shape index (κ3) is 3.99. The van der Waals surface area contributed by atoms with Crippen LogP contribution in [-0.2, 0) is 11.3 Å². The number of rotatable bonds is 5. The molecule has 1 aromatic heterocycles. The molecule has 1 fully saturated rings. The Kier molecular flexibility index (Phi) is 5.07. The van der Waals surface area contributed by atoms with E-state index >= 15 is 0 Å². The smallest absolute Gasteiger partial charge is 0.222 e. The highest BCUT2D eigenvalue weighted by Crippen LogP contribution is 2.29. The van der Waals surface area contributed by atoms with E-state index in [9.17, 15) is 4.79 Å². The first-order valence-electron chi connectivity index (χ1n) is 6.63. The predicted octanol–water partition coefficient (Wildman–Crippen LogP) is 4.33. The maximum Gasteiger partial charge on any atom is 0.222 e. The third-order valence-electron chi connectivity index (χ3n) is 3.69. The molecule has 2 rings (SSSR count). The Morgan fingerprint density at radius 3 is 2.78 bits per heavy atom. The van der Waals surface area contributed by atoms with E-state index < -0.39 is 0 Å². The predicted molar refractivity (Wildman–Crippen MR) is 77.0 cm³/mol. The van der Waals surface area contributed by atoms with Crippen molar-refractivity contribution in [2.75, 3.05) is 7.05 Å². The van der Waals surface area contributed by atoms with Crippen molar-refractivity contribution in [3.63, 3.8) is 0 Å². The van der Waals surface area contributed by atoms with Crippen molar-refractivity contribution >= 4 is 28.8 Å². The fourth-order valence-corrected chi connectivity index (χ4v) is 3.72. The lowest BCUT2D eigenvalue weighted by Gasteiger charge is -2.17. The quantitative estimate of drug-likeness (QED) is 0.788. The summed E-state index contributed by atoms with van der Waals surface area (Å²) in [7, 11) is 1.88. The van der Waals surface area contributed by atoms with Crippen molar-refractivity contribution in [3.05, 3.63) is 21.3 Å². The van der Waals surface area contributed by atoms with Crippen LogP contribution in [0, 0.1) is 5.92 Å². The normalized spacial score (nSPS) is 16.1. The minimum atomic E-state index is 0.256. The molecule has 0 aliphatic heterocycles. The van der Waals surface area contributed by atoms with Crippen LogP contribution in [0.15, 0.2) is 12.1 Å². The number of amides is 1. The van der Waals surface area contributed by atoms with Crippen LogP contribution in [0.1, 0.15) is 43.4 Å². The van der Waals surface area contributed by atoms with E-state index in [0.29, 0.717) is 13.0 Å². The minimum Gasteiger partial charge on any atom is -0.341 e. The number of carbonyl (C=O) groups excluding carboxylic acids is 1. The second-order valence-electron chi connectivity index (χ2n) is 5.14. The van der Waals surface area contributed by atoms with Gasteiger partial charge in [-0.25, -0.2) is 0 Å². The van der Waals surface area contributed by atoms with Gasteiger partial charge in [0.2, 0.25) is 5.91 Å². The summed E-state index contributed by atoms with van der Waals surface area (Å²) in [6, 6.07) is 3.88. The third-order valence-corrected chi connectivity index (χ3v) is 4.90. The molecule has 0 bridgehead atoms. The van der Waals surface area contributed by atoms with Gasteiger partial charge in [-0.2, -0.15) is 0 Å². The van der Waals surface area contributed by atoms with Crippen LogP contribution in [0.2, 0.25) is 4.34 Å². The topological polar surface area (TPSA) is 20.3 Å². The van der Waals surface area contributed by atoms with Gasteiger partial charge in [0.15, 0.2) is 0 Å². The summed E-state index contributed by atoms with van der Waals surface area (Å²) >= 11 is 7.43. The van der Waals surface area contributed by atoms with Gasteiger partial charge >= 0.3 is 0 Å². The van der Waals surface area contributed by atoms with Crippen LogP contribution in [0.5, 0.6) is 0 Å². The molecular formula is C14H20ClNOS. The van der Waals surface area contributed by atoms with E-state index in [1.165, 1.54) is 25.7 Å². The number of halogens is 1. The van der Waals surface area contributed by atoms with E-state index in [2.05, 4.69) is 0 Å². The lowest BCUT2D eigenvalue weighted by Crippen LogP contribution is -2.25. The molecule has 100 valence electrons. The van der Waals surface area contributed by atoms with Crippen LogP contribution in [0.3, 0.4) is 0 Å². The summed E-state index contributed by atoms with van der Waals surface area (Å²) in [4.78, 5) is 15.0. The van der Waals surface area contributed by atoms with Crippen LogP contribution < -0.4 is 0 Å². The molecule has 0 N–H and O–H groups in total. The Morgan fingerprint density at radius 1 is 1.44 bits per heavy atom. The molecule has 0 spiro atoms. The first-order chi connectivity index (χ1) is 8.65. The molecule has 4 heteroatoms. The van der Waals surface area contributed by atoms with Crippen LogP contribution in [0.4, 0.5) is 0 Å². The largest absolute Gasteiger partial charge is 0.341 e. The van der Waals surface area contributed by atoms with Crippen molar-refractivity contribution in [2.24, 2.45) is 5.92 Å². The van der Waals surface area contributed by atoms with Crippen molar-refractivity contribution < 1.29 is 4.79 Å². The molecule has 1 aliphatic rings. The fourth-order valence-electron chi connectivity index (χ4n) is 2.58. The average Bonchev–Trinajstić information content (AvgIpc) is 2.97. The van der Waals surface area contributed by atoms with Crippen LogP contribution >= 0.6 is 22.9 Å². The van der Waals surface area contributed by atoms with E-state index in [0.717, 1.165) is 21.6 Å². The second-order valence-corrected chi connectivity index (χ2v) is 6.94. The molecule has 0 atom stereocenters. The fraction of sp³-hybridized carbons (Fsp3) is 0.643. The van der Waals surface area contributed by atoms with Gasteiger partial charge < -0.3 is 4.90 Å². The average molecular weight is 286 g/mol. The molecule has 1 saturated carbocycles. The van der Waals surface area contributed by atoms with Crippen molar-refractivity contribution in [1.82, 2.24) is 4.90 Å². The lowest BCUT2D eigenvalue weighted by molar-refractivity contribution is -0.130. The molecule has 1 amide bonds. The number of carbonyl (C=O) groups is 1. The Morgan fingerprint density at radius 2 is 2.17 bits per heavy atom. The SMILES string of the molecule is CN(Cc1ccc(Cl)s1)C(=O)CCC1CCCC1. The molecule has 0 saturated heterocycles. The van der Waals surface area contributed by atoms with E-state index in [-0.39, 0.29) is 5.91 Å². The van der Waals surface area contributed by atoms with Gasteiger partial charge in [0, 0.05) is 18.3 Å². The van der Waals surface area contributed by atoms with Crippen LogP contribution in [0.25, 0.3) is 0 Å². The molecule has 0 aromatic carbocycles. The lowest BCUT2D eigenvalue weighted by atomic mass is 10.0. The summed E-state index contributed by atoms with van der Waals surface area (Å²) in [6.45, 7) is 0.681. The zero-order chi connectivity index (χ0) is 13.0. The highest BCUT2D eigenvalue weighted by Gasteiger charge is 2.17. The van der Waals surface area contributed by atoms with Gasteiger partial charge in [-0.3, -0.25) is 4.79 Å². The standard InChI is InChI=1S/C14H20ClNOS/c1-16(10-12-7-8-13(15)18-12)14(17)9-6-11-4-2-3-5-11/h7-8,11H,2-6,9-10H2,1H3. The van der Waals surface area contributed by atoms with Gasteiger partial charge in [0.25, 0.3) is 0 Å². The number of nitrogens with zero attached hydrogens (tertiary/aromatic N) is 1. The van der Waals surface area contributed by atoms with E-state index in [1.807, 2.05) is 24.1 Å². The van der Waals surface area contributed by atoms with Gasteiger partial charge in [0.05, 0.1) is 10.9 Å². The number of thiophene rings is 1. The first-order valence-corrected chi connectivity index (χ1v) is 7.83. The minimum absolute atomic E-state index is 0.256. The van der Waals surface area contributed by atoms with Crippen LogP contribution in [-0.4, -0.2) is 17.9 Å². The Hall–Kier alpha value is -0.540. The Bertz CT molecular complexity index is 398. The zero-order valence-electron chi connectivity index (χ0n) is 10.8. The maximum absolute atomic E-state index is 12.0. The molecule has 1 aromatic rings. The molecule has 0 unspecified atom stereocenters. The zero-order valence-corrected chi connectivity index (χ0v) is 12.4. The summed E-state index contributed by atoms with van der Waals surface area (Å²) in [5.74, 6) is 1.05. The summed E-state index contributed by atoms with van der Waals surface area (Å²) < 4.78 is 0.789. The van der Waals surface area contributed by atoms with E-state index in [1.54, 1.807) is 11.3 Å². The molecular weight excluding hydrogens is 266 g/mol. The molecule has 18 heavy (non-hydrogen) atoms. The Balaban J connectivity index is 1.74. The summed E-state index contributed by atoms with van der Waals surface area (Å²) in [5, 5.41) is 0. The number of hydrogen-bond donors (Lipinski definition) is 0. The second kappa shape index (κ2) is 6.58. The summed E-state index contributed by atoms with van der Waals surface area (Å²) in [5.41, 5.74) is 0.